The van der Waals surface area contributed by atoms with Crippen molar-refractivity contribution < 1.29 is 14.3 Å². The van der Waals surface area contributed by atoms with Gasteiger partial charge in [-0.2, -0.15) is 0 Å². The van der Waals surface area contributed by atoms with Crippen LogP contribution in [0.5, 0.6) is 5.75 Å². The van der Waals surface area contributed by atoms with Crippen LogP contribution in [-0.2, 0) is 11.2 Å². The molecule has 0 spiro atoms. The Labute approximate surface area is 168 Å². The van der Waals surface area contributed by atoms with E-state index in [1.54, 1.807) is 36.4 Å². The molecule has 0 aromatic heterocycles. The third-order valence-corrected chi connectivity index (χ3v) is 5.42. The summed E-state index contributed by atoms with van der Waals surface area (Å²) < 4.78 is 5.59. The summed E-state index contributed by atoms with van der Waals surface area (Å²) in [4.78, 5) is 25.0. The molecule has 3 rings (SSSR count). The molecule has 4 nitrogen and oxygen atoms in total. The molecule has 1 N–H and O–H groups in total. The van der Waals surface area contributed by atoms with Crippen molar-refractivity contribution in [2.45, 2.75) is 32.6 Å². The van der Waals surface area contributed by atoms with Crippen LogP contribution in [0.2, 0.25) is 10.0 Å². The first-order valence-corrected chi connectivity index (χ1v) is 9.78. The van der Waals surface area contributed by atoms with Crippen LogP contribution in [0.15, 0.2) is 36.4 Å². The zero-order valence-electron chi connectivity index (χ0n) is 15.1. The molecule has 1 saturated carbocycles. The van der Waals surface area contributed by atoms with Crippen LogP contribution in [0, 0.1) is 5.92 Å². The van der Waals surface area contributed by atoms with Gasteiger partial charge in [-0.05, 0) is 55.7 Å². The summed E-state index contributed by atoms with van der Waals surface area (Å²) in [6.07, 6.45) is 3.09. The number of nitrogens with one attached hydrogen (secondary N) is 1. The molecule has 1 amide bonds. The van der Waals surface area contributed by atoms with Gasteiger partial charge in [0, 0.05) is 17.9 Å². The van der Waals surface area contributed by atoms with E-state index in [9.17, 15) is 9.59 Å². The van der Waals surface area contributed by atoms with Gasteiger partial charge >= 0.3 is 0 Å². The molecule has 2 aromatic rings. The molecular weight excluding hydrogens is 385 g/mol. The predicted molar refractivity (Wildman–Crippen MR) is 108 cm³/mol. The Kier molecular flexibility index (Phi) is 6.40. The molecule has 0 radical (unpaired) electrons. The van der Waals surface area contributed by atoms with Gasteiger partial charge in [0.2, 0.25) is 5.91 Å². The second-order valence-electron chi connectivity index (χ2n) is 6.61. The van der Waals surface area contributed by atoms with Gasteiger partial charge in [0.25, 0.3) is 0 Å². The van der Waals surface area contributed by atoms with E-state index in [1.807, 2.05) is 6.92 Å². The highest BCUT2D eigenvalue weighted by molar-refractivity contribution is 6.42. The van der Waals surface area contributed by atoms with E-state index in [4.69, 9.17) is 27.9 Å². The van der Waals surface area contributed by atoms with Gasteiger partial charge in [-0.15, -0.1) is 0 Å². The first-order valence-electron chi connectivity index (χ1n) is 9.02. The minimum atomic E-state index is -0.0735. The van der Waals surface area contributed by atoms with E-state index in [0.717, 1.165) is 24.8 Å². The molecule has 0 aliphatic heterocycles. The molecule has 1 aliphatic carbocycles. The Morgan fingerprint density at radius 1 is 1.11 bits per heavy atom. The first kappa shape index (κ1) is 19.7. The van der Waals surface area contributed by atoms with Gasteiger partial charge in [0.15, 0.2) is 5.78 Å². The normalized spacial score (nSPS) is 13.7. The maximum Gasteiger partial charge on any atom is 0.227 e. The number of anilines is 1. The molecular formula is C21H21Cl2NO3. The standard InChI is InChI=1S/C21H21Cl2NO3/c1-2-27-20-9-7-15(12-18(20)24-21(26)14-4-3-5-14)19(25)11-13-6-8-16(22)17(23)10-13/h6-10,12,14H,2-5,11H2,1H3,(H,24,26). The molecule has 0 saturated heterocycles. The van der Waals surface area contributed by atoms with E-state index in [2.05, 4.69) is 5.32 Å². The molecule has 6 heteroatoms. The van der Waals surface area contributed by atoms with E-state index in [0.29, 0.717) is 33.7 Å². The van der Waals surface area contributed by atoms with Crippen molar-refractivity contribution in [3.8, 4) is 5.75 Å². The van der Waals surface area contributed by atoms with Crippen molar-refractivity contribution in [3.63, 3.8) is 0 Å². The van der Waals surface area contributed by atoms with Gasteiger partial charge in [-0.25, -0.2) is 0 Å². The van der Waals surface area contributed by atoms with Gasteiger partial charge in [0.05, 0.1) is 22.3 Å². The monoisotopic (exact) mass is 405 g/mol. The lowest BCUT2D eigenvalue weighted by Crippen LogP contribution is -2.28. The second kappa shape index (κ2) is 8.77. The van der Waals surface area contributed by atoms with Gasteiger partial charge in [0.1, 0.15) is 5.75 Å². The van der Waals surface area contributed by atoms with E-state index in [-0.39, 0.29) is 24.0 Å². The molecule has 142 valence electrons. The van der Waals surface area contributed by atoms with Crippen molar-refractivity contribution in [3.05, 3.63) is 57.6 Å². The van der Waals surface area contributed by atoms with Crippen LogP contribution in [-0.4, -0.2) is 18.3 Å². The summed E-state index contributed by atoms with van der Waals surface area (Å²) in [5.41, 5.74) is 1.82. The highest BCUT2D eigenvalue weighted by atomic mass is 35.5. The summed E-state index contributed by atoms with van der Waals surface area (Å²) in [6.45, 7) is 2.35. The second-order valence-corrected chi connectivity index (χ2v) is 7.42. The van der Waals surface area contributed by atoms with Gasteiger partial charge in [-0.1, -0.05) is 35.7 Å². The Morgan fingerprint density at radius 3 is 2.52 bits per heavy atom. The number of benzene rings is 2. The average molecular weight is 406 g/mol. The highest BCUT2D eigenvalue weighted by Gasteiger charge is 2.26. The summed E-state index contributed by atoms with van der Waals surface area (Å²) >= 11 is 11.9. The maximum absolute atomic E-state index is 12.7. The molecule has 2 aromatic carbocycles. The molecule has 0 heterocycles. The maximum atomic E-state index is 12.7. The minimum absolute atomic E-state index is 0.0173. The fourth-order valence-electron chi connectivity index (χ4n) is 2.92. The fourth-order valence-corrected chi connectivity index (χ4v) is 3.25. The largest absolute Gasteiger partial charge is 0.492 e. The first-order chi connectivity index (χ1) is 13.0. The number of amides is 1. The lowest BCUT2D eigenvalue weighted by molar-refractivity contribution is -0.122. The smallest absolute Gasteiger partial charge is 0.227 e. The van der Waals surface area contributed by atoms with Crippen molar-refractivity contribution in [2.24, 2.45) is 5.92 Å². The number of ketones is 1. The third-order valence-electron chi connectivity index (χ3n) is 4.68. The number of hydrogen-bond donors (Lipinski definition) is 1. The number of carbonyl (C=O) groups excluding carboxylic acids is 2. The highest BCUT2D eigenvalue weighted by Crippen LogP contribution is 2.31. The van der Waals surface area contributed by atoms with Crippen LogP contribution in [0.4, 0.5) is 5.69 Å². The van der Waals surface area contributed by atoms with E-state index < -0.39 is 0 Å². The summed E-state index contributed by atoms with van der Waals surface area (Å²) in [7, 11) is 0. The van der Waals surface area contributed by atoms with Crippen molar-refractivity contribution in [2.75, 3.05) is 11.9 Å². The number of carbonyl (C=O) groups is 2. The lowest BCUT2D eigenvalue weighted by atomic mass is 9.85. The Bertz CT molecular complexity index is 863. The number of halogens is 2. The zero-order valence-corrected chi connectivity index (χ0v) is 16.6. The van der Waals surface area contributed by atoms with E-state index >= 15 is 0 Å². The number of ether oxygens (including phenoxy) is 1. The SMILES string of the molecule is CCOc1ccc(C(=O)Cc2ccc(Cl)c(Cl)c2)cc1NC(=O)C1CCC1. The van der Waals surface area contributed by atoms with Crippen molar-refractivity contribution in [1.29, 1.82) is 0 Å². The van der Waals surface area contributed by atoms with Crippen LogP contribution in [0.25, 0.3) is 0 Å². The van der Waals surface area contributed by atoms with Gasteiger partial charge in [-0.3, -0.25) is 9.59 Å². The molecule has 0 bridgehead atoms. The van der Waals surface area contributed by atoms with Crippen LogP contribution >= 0.6 is 23.2 Å². The molecule has 0 atom stereocenters. The lowest BCUT2D eigenvalue weighted by Gasteiger charge is -2.24. The topological polar surface area (TPSA) is 55.4 Å². The zero-order chi connectivity index (χ0) is 19.4. The summed E-state index contributed by atoms with van der Waals surface area (Å²) in [5.74, 6) is 0.526. The Hall–Kier alpha value is -2.04. The summed E-state index contributed by atoms with van der Waals surface area (Å²) in [5, 5.41) is 3.79. The average Bonchev–Trinajstić information content (AvgIpc) is 2.58. The molecule has 0 unspecified atom stereocenters. The van der Waals surface area contributed by atoms with Crippen LogP contribution in [0.1, 0.15) is 42.1 Å². The van der Waals surface area contributed by atoms with Crippen LogP contribution in [0.3, 0.4) is 0 Å². The Balaban J connectivity index is 1.79. The number of rotatable bonds is 7. The third kappa shape index (κ3) is 4.82. The van der Waals surface area contributed by atoms with Crippen molar-refractivity contribution >= 4 is 40.6 Å². The minimum Gasteiger partial charge on any atom is -0.492 e. The molecule has 27 heavy (non-hydrogen) atoms. The van der Waals surface area contributed by atoms with Gasteiger partial charge < -0.3 is 10.1 Å². The molecule has 1 fully saturated rings. The molecule has 1 aliphatic rings. The quantitative estimate of drug-likeness (QED) is 0.613. The predicted octanol–water partition coefficient (Wildman–Crippen LogP) is 5.56. The number of Topliss-reactive ketones (excluding diaryl/α,β-unsaturated/α-hetero) is 1. The fraction of sp³-hybridized carbons (Fsp3) is 0.333. The Morgan fingerprint density at radius 2 is 1.89 bits per heavy atom. The van der Waals surface area contributed by atoms with E-state index in [1.165, 1.54) is 0 Å². The van der Waals surface area contributed by atoms with Crippen molar-refractivity contribution in [1.82, 2.24) is 0 Å². The summed E-state index contributed by atoms with van der Waals surface area (Å²) in [6, 6.07) is 10.3. The van der Waals surface area contributed by atoms with Crippen LogP contribution < -0.4 is 10.1 Å². The number of hydrogen-bond acceptors (Lipinski definition) is 3.